The molecule has 2 heteroatoms. The van der Waals surface area contributed by atoms with Gasteiger partial charge in [0, 0.05) is 13.6 Å². The van der Waals surface area contributed by atoms with Crippen LogP contribution in [0, 0.1) is 0 Å². The molecule has 0 atom stereocenters. The van der Waals surface area contributed by atoms with Crippen molar-refractivity contribution in [2.75, 3.05) is 34.7 Å². The third-order valence-corrected chi connectivity index (χ3v) is 1.48. The summed E-state index contributed by atoms with van der Waals surface area (Å²) in [7, 11) is 8.58. The second-order valence-electron chi connectivity index (χ2n) is 2.92. The number of hydrogen-bond donors (Lipinski definition) is 0. The smallest absolute Gasteiger partial charge is 0.0855 e. The molecular formula is C6H17N2+. The van der Waals surface area contributed by atoms with Gasteiger partial charge in [0.2, 0.25) is 0 Å². The monoisotopic (exact) mass is 117 g/mol. The van der Waals surface area contributed by atoms with Gasteiger partial charge in [-0.2, -0.15) is 5.01 Å². The van der Waals surface area contributed by atoms with E-state index < -0.39 is 0 Å². The summed E-state index contributed by atoms with van der Waals surface area (Å²) < 4.78 is 0.913. The van der Waals surface area contributed by atoms with Crippen LogP contribution < -0.4 is 0 Å². The van der Waals surface area contributed by atoms with Crippen LogP contribution in [0.4, 0.5) is 0 Å². The molecule has 0 N–H and O–H groups in total. The summed E-state index contributed by atoms with van der Waals surface area (Å²) in [5, 5.41) is 2.25. The molecule has 0 saturated heterocycles. The second kappa shape index (κ2) is 2.46. The average molecular weight is 117 g/mol. The Morgan fingerprint density at radius 1 is 1.25 bits per heavy atom. The van der Waals surface area contributed by atoms with Crippen molar-refractivity contribution in [3.8, 4) is 0 Å². The molecule has 0 aliphatic rings. The summed E-state index contributed by atoms with van der Waals surface area (Å²) in [6.07, 6.45) is 0. The highest BCUT2D eigenvalue weighted by Gasteiger charge is 2.11. The van der Waals surface area contributed by atoms with E-state index in [1.807, 2.05) is 0 Å². The highest BCUT2D eigenvalue weighted by molar-refractivity contribution is 4.21. The van der Waals surface area contributed by atoms with E-state index >= 15 is 0 Å². The lowest BCUT2D eigenvalue weighted by Crippen LogP contribution is -2.48. The minimum Gasteiger partial charge on any atom is -0.251 e. The summed E-state index contributed by atoms with van der Waals surface area (Å²) in [5.74, 6) is 0. The van der Waals surface area contributed by atoms with Crippen molar-refractivity contribution in [3.63, 3.8) is 0 Å². The lowest BCUT2D eigenvalue weighted by Gasteiger charge is -2.32. The summed E-state index contributed by atoms with van der Waals surface area (Å²) >= 11 is 0. The van der Waals surface area contributed by atoms with Gasteiger partial charge < -0.3 is 0 Å². The Kier molecular flexibility index (Phi) is 2.44. The molecule has 0 fully saturated rings. The highest BCUT2D eigenvalue weighted by Crippen LogP contribution is 1.94. The van der Waals surface area contributed by atoms with Crippen molar-refractivity contribution in [3.05, 3.63) is 0 Å². The van der Waals surface area contributed by atoms with E-state index in [0.29, 0.717) is 0 Å². The Labute approximate surface area is 52.3 Å². The van der Waals surface area contributed by atoms with E-state index in [9.17, 15) is 0 Å². The molecule has 0 aromatic carbocycles. The molecule has 0 spiro atoms. The van der Waals surface area contributed by atoms with Crippen LogP contribution in [0.1, 0.15) is 6.92 Å². The third kappa shape index (κ3) is 2.28. The van der Waals surface area contributed by atoms with E-state index in [4.69, 9.17) is 0 Å². The van der Waals surface area contributed by atoms with Crippen LogP contribution in [-0.2, 0) is 0 Å². The predicted molar refractivity (Wildman–Crippen MR) is 36.3 cm³/mol. The average Bonchev–Trinajstić information content (AvgIpc) is 1.62. The zero-order valence-corrected chi connectivity index (χ0v) is 6.60. The maximum Gasteiger partial charge on any atom is 0.0855 e. The van der Waals surface area contributed by atoms with Gasteiger partial charge in [0.1, 0.15) is 0 Å². The summed E-state index contributed by atoms with van der Waals surface area (Å²) in [6, 6.07) is 0. The molecule has 0 aliphatic heterocycles. The lowest BCUT2D eigenvalue weighted by atomic mass is 10.7. The molecule has 8 heavy (non-hydrogen) atoms. The van der Waals surface area contributed by atoms with Crippen molar-refractivity contribution < 1.29 is 4.59 Å². The molecule has 0 radical (unpaired) electrons. The fraction of sp³-hybridized carbons (Fsp3) is 1.00. The van der Waals surface area contributed by atoms with Gasteiger partial charge in [-0.15, -0.1) is 0 Å². The van der Waals surface area contributed by atoms with Crippen molar-refractivity contribution >= 4 is 0 Å². The normalized spacial score (nSPS) is 12.8. The van der Waals surface area contributed by atoms with Gasteiger partial charge in [0.05, 0.1) is 21.1 Å². The number of nitrogens with zero attached hydrogens (tertiary/aromatic N) is 2. The first-order valence-corrected chi connectivity index (χ1v) is 3.01. The van der Waals surface area contributed by atoms with Crippen LogP contribution >= 0.6 is 0 Å². The van der Waals surface area contributed by atoms with E-state index in [-0.39, 0.29) is 0 Å². The molecule has 0 aliphatic carbocycles. The van der Waals surface area contributed by atoms with Crippen LogP contribution in [0.5, 0.6) is 0 Å². The Balaban J connectivity index is 3.62. The highest BCUT2D eigenvalue weighted by atomic mass is 15.7. The van der Waals surface area contributed by atoms with Crippen molar-refractivity contribution in [1.82, 2.24) is 5.01 Å². The molecule has 2 nitrogen and oxygen atoms in total. The molecule has 0 aromatic heterocycles. The quantitative estimate of drug-likeness (QED) is 0.377. The van der Waals surface area contributed by atoms with Crippen molar-refractivity contribution in [2.45, 2.75) is 6.92 Å². The van der Waals surface area contributed by atoms with E-state index in [0.717, 1.165) is 11.1 Å². The molecule has 0 bridgehead atoms. The number of rotatable bonds is 2. The van der Waals surface area contributed by atoms with Gasteiger partial charge in [0.25, 0.3) is 0 Å². The summed E-state index contributed by atoms with van der Waals surface area (Å²) in [5.41, 5.74) is 0. The van der Waals surface area contributed by atoms with Crippen LogP contribution in [0.2, 0.25) is 0 Å². The summed E-state index contributed by atoms with van der Waals surface area (Å²) in [4.78, 5) is 0. The van der Waals surface area contributed by atoms with Gasteiger partial charge >= 0.3 is 0 Å². The fourth-order valence-electron chi connectivity index (χ4n) is 0.424. The van der Waals surface area contributed by atoms with E-state index in [1.165, 1.54) is 0 Å². The van der Waals surface area contributed by atoms with Gasteiger partial charge in [-0.25, -0.2) is 0 Å². The topological polar surface area (TPSA) is 3.24 Å². The van der Waals surface area contributed by atoms with Gasteiger partial charge in [-0.1, -0.05) is 0 Å². The first kappa shape index (κ1) is 7.92. The van der Waals surface area contributed by atoms with Crippen LogP contribution in [0.25, 0.3) is 0 Å². The first-order chi connectivity index (χ1) is 3.48. The van der Waals surface area contributed by atoms with E-state index in [2.05, 4.69) is 40.1 Å². The third-order valence-electron chi connectivity index (χ3n) is 1.48. The zero-order valence-electron chi connectivity index (χ0n) is 6.60. The molecule has 0 heterocycles. The van der Waals surface area contributed by atoms with Crippen LogP contribution in [-0.4, -0.2) is 44.3 Å². The Hall–Kier alpha value is -0.0800. The van der Waals surface area contributed by atoms with Crippen molar-refractivity contribution in [2.24, 2.45) is 0 Å². The molecular weight excluding hydrogens is 100 g/mol. The van der Waals surface area contributed by atoms with Gasteiger partial charge in [-0.3, -0.25) is 4.59 Å². The fourth-order valence-corrected chi connectivity index (χ4v) is 0.424. The second-order valence-corrected chi connectivity index (χ2v) is 2.92. The SMILES string of the molecule is CCN(C)[N+](C)(C)C. The maximum atomic E-state index is 2.25. The molecule has 0 unspecified atom stereocenters. The van der Waals surface area contributed by atoms with Crippen LogP contribution in [0.3, 0.4) is 0 Å². The molecule has 0 saturated carbocycles. The minimum atomic E-state index is 0.913. The lowest BCUT2D eigenvalue weighted by molar-refractivity contribution is -0.983. The molecule has 0 aromatic rings. The van der Waals surface area contributed by atoms with Gasteiger partial charge in [-0.05, 0) is 6.92 Å². The maximum absolute atomic E-state index is 2.25. The molecule has 0 rings (SSSR count). The Morgan fingerprint density at radius 3 is 1.62 bits per heavy atom. The van der Waals surface area contributed by atoms with Gasteiger partial charge in [0.15, 0.2) is 0 Å². The molecule has 50 valence electrons. The number of hydrogen-bond acceptors (Lipinski definition) is 1. The Morgan fingerprint density at radius 2 is 1.62 bits per heavy atom. The Bertz CT molecular complexity index is 63.4. The summed E-state index contributed by atoms with van der Waals surface area (Å²) in [6.45, 7) is 3.26. The van der Waals surface area contributed by atoms with E-state index in [1.54, 1.807) is 0 Å². The first-order valence-electron chi connectivity index (χ1n) is 3.01. The number of quaternary nitrogens is 1. The predicted octanol–water partition coefficient (Wildman–Crippen LogP) is 0.559. The molecule has 0 amide bonds. The minimum absolute atomic E-state index is 0.913. The van der Waals surface area contributed by atoms with Crippen LogP contribution in [0.15, 0.2) is 0 Å². The standard InChI is InChI=1S/C6H17N2/c1-6-7(2)8(3,4)5/h6H2,1-5H3/q+1. The zero-order chi connectivity index (χ0) is 6.78. The largest absolute Gasteiger partial charge is 0.251 e. The van der Waals surface area contributed by atoms with Crippen molar-refractivity contribution in [1.29, 1.82) is 0 Å².